The minimum absolute atomic E-state index is 0.0203. The lowest BCUT2D eigenvalue weighted by molar-refractivity contribution is -0.245. The number of thioether (sulfide) groups is 1. The van der Waals surface area contributed by atoms with Crippen LogP contribution in [0.25, 0.3) is 10.2 Å². The first-order valence-electron chi connectivity index (χ1n) is 12.9. The first-order valence-corrected chi connectivity index (χ1v) is 14.7. The third-order valence-corrected chi connectivity index (χ3v) is 8.73. The molecule has 0 saturated carbocycles. The fourth-order valence-electron chi connectivity index (χ4n) is 4.41. The second-order valence-corrected chi connectivity index (χ2v) is 11.8. The number of para-hydroxylation sites is 1. The summed E-state index contributed by atoms with van der Waals surface area (Å²) in [6, 6.07) is 23.1. The highest BCUT2D eigenvalue weighted by atomic mass is 32.2. The standard InChI is InChI=1S/C30H30N2O6S2/c1-18(36-19(2)34)28(35)31-23-7-5-6-22(14-23)29-37-24(15-26(38-29)21-12-10-20(16-33)11-13-21)17-39-30-32-25-8-3-4-9-27(25)40-30/h3-14,18,24,26,29,33H,15-17H2,1-2H3,(H,31,35)/t18-,24+,26-,29-/m0/s1. The zero-order valence-corrected chi connectivity index (χ0v) is 23.7. The van der Waals surface area contributed by atoms with Gasteiger partial charge in [0.2, 0.25) is 0 Å². The molecule has 3 aromatic carbocycles. The molecule has 1 aliphatic rings. The van der Waals surface area contributed by atoms with Crippen molar-refractivity contribution in [3.63, 3.8) is 0 Å². The van der Waals surface area contributed by atoms with Crippen molar-refractivity contribution < 1.29 is 28.9 Å². The number of nitrogens with one attached hydrogen (secondary N) is 1. The molecule has 1 saturated heterocycles. The molecular formula is C30H30N2O6S2. The average Bonchev–Trinajstić information content (AvgIpc) is 3.39. The minimum atomic E-state index is -0.918. The van der Waals surface area contributed by atoms with Gasteiger partial charge in [-0.25, -0.2) is 4.98 Å². The van der Waals surface area contributed by atoms with Crippen LogP contribution in [0.1, 0.15) is 49.4 Å². The van der Waals surface area contributed by atoms with Crippen LogP contribution < -0.4 is 5.32 Å². The molecule has 2 N–H and O–H groups in total. The van der Waals surface area contributed by atoms with E-state index in [0.717, 1.165) is 31.2 Å². The fraction of sp³-hybridized carbons (Fsp3) is 0.300. The number of thiazole rings is 1. The van der Waals surface area contributed by atoms with Crippen molar-refractivity contribution in [2.24, 2.45) is 0 Å². The SMILES string of the molecule is CC(=O)O[C@@H](C)C(=O)Nc1cccc([C@H]2O[C@@H](CSc3nc4ccccc4s3)C[C@@H](c3ccc(CO)cc3)O2)c1. The van der Waals surface area contributed by atoms with Crippen LogP contribution in [0.3, 0.4) is 0 Å². The van der Waals surface area contributed by atoms with Crippen LogP contribution >= 0.6 is 23.1 Å². The molecule has 0 bridgehead atoms. The third kappa shape index (κ3) is 7.07. The van der Waals surface area contributed by atoms with Crippen LogP contribution in [0, 0.1) is 0 Å². The van der Waals surface area contributed by atoms with Gasteiger partial charge in [-0.05, 0) is 42.3 Å². The van der Waals surface area contributed by atoms with Crippen LogP contribution in [0.2, 0.25) is 0 Å². The van der Waals surface area contributed by atoms with E-state index in [1.165, 1.54) is 13.8 Å². The number of carbonyl (C=O) groups is 2. The molecule has 40 heavy (non-hydrogen) atoms. The van der Waals surface area contributed by atoms with Crippen LogP contribution in [-0.4, -0.2) is 39.9 Å². The molecule has 1 amide bonds. The Kier molecular flexibility index (Phi) is 9.13. The number of aliphatic hydroxyl groups excluding tert-OH is 1. The highest BCUT2D eigenvalue weighted by molar-refractivity contribution is 8.01. The number of hydrogen-bond donors (Lipinski definition) is 2. The molecule has 208 valence electrons. The lowest BCUT2D eigenvalue weighted by Gasteiger charge is -2.36. The predicted molar refractivity (Wildman–Crippen MR) is 155 cm³/mol. The van der Waals surface area contributed by atoms with E-state index in [0.29, 0.717) is 17.9 Å². The summed E-state index contributed by atoms with van der Waals surface area (Å²) in [4.78, 5) is 28.4. The van der Waals surface area contributed by atoms with E-state index in [-0.39, 0.29) is 18.8 Å². The maximum atomic E-state index is 12.5. The van der Waals surface area contributed by atoms with Crippen molar-refractivity contribution in [3.05, 3.63) is 89.5 Å². The summed E-state index contributed by atoms with van der Waals surface area (Å²) < 4.78 is 20.0. The van der Waals surface area contributed by atoms with E-state index < -0.39 is 24.3 Å². The van der Waals surface area contributed by atoms with Gasteiger partial charge in [-0.1, -0.05) is 60.3 Å². The number of rotatable bonds is 9. The molecule has 0 unspecified atom stereocenters. The number of benzene rings is 3. The number of aliphatic hydroxyl groups is 1. The van der Waals surface area contributed by atoms with E-state index in [1.807, 2.05) is 54.6 Å². The molecule has 4 atom stereocenters. The Morgan fingerprint density at radius 1 is 1.10 bits per heavy atom. The number of ether oxygens (including phenoxy) is 3. The van der Waals surface area contributed by atoms with E-state index in [1.54, 1.807) is 35.2 Å². The summed E-state index contributed by atoms with van der Waals surface area (Å²) in [5, 5.41) is 12.2. The van der Waals surface area contributed by atoms with Gasteiger partial charge in [-0.3, -0.25) is 9.59 Å². The van der Waals surface area contributed by atoms with Crippen LogP contribution in [-0.2, 0) is 30.4 Å². The molecule has 0 aliphatic carbocycles. The minimum Gasteiger partial charge on any atom is -0.453 e. The normalized spacial score (nSPS) is 19.7. The molecule has 1 aromatic heterocycles. The monoisotopic (exact) mass is 578 g/mol. The molecular weight excluding hydrogens is 548 g/mol. The fourth-order valence-corrected chi connectivity index (χ4v) is 6.52. The van der Waals surface area contributed by atoms with Crippen molar-refractivity contribution in [1.29, 1.82) is 0 Å². The zero-order chi connectivity index (χ0) is 28.1. The molecule has 0 spiro atoms. The van der Waals surface area contributed by atoms with Gasteiger partial charge in [0.25, 0.3) is 5.91 Å². The molecule has 1 aliphatic heterocycles. The lowest BCUT2D eigenvalue weighted by atomic mass is 10.0. The molecule has 5 rings (SSSR count). The van der Waals surface area contributed by atoms with E-state index in [2.05, 4.69) is 11.4 Å². The topological polar surface area (TPSA) is 107 Å². The Balaban J connectivity index is 1.34. The predicted octanol–water partition coefficient (Wildman–Crippen LogP) is 6.02. The Labute approximate surface area is 240 Å². The van der Waals surface area contributed by atoms with Crippen molar-refractivity contribution in [2.75, 3.05) is 11.1 Å². The highest BCUT2D eigenvalue weighted by Gasteiger charge is 2.32. The molecule has 10 heteroatoms. The highest BCUT2D eigenvalue weighted by Crippen LogP contribution is 2.40. The summed E-state index contributed by atoms with van der Waals surface area (Å²) in [5.74, 6) is -0.251. The average molecular weight is 579 g/mol. The van der Waals surface area contributed by atoms with E-state index >= 15 is 0 Å². The second kappa shape index (κ2) is 12.9. The summed E-state index contributed by atoms with van der Waals surface area (Å²) >= 11 is 3.34. The molecule has 2 heterocycles. The molecule has 0 radical (unpaired) electrons. The third-order valence-electron chi connectivity index (χ3n) is 6.42. The number of nitrogens with zero attached hydrogens (tertiary/aromatic N) is 1. The number of amides is 1. The van der Waals surface area contributed by atoms with Crippen molar-refractivity contribution >= 4 is 50.9 Å². The van der Waals surface area contributed by atoms with Crippen LogP contribution in [0.4, 0.5) is 5.69 Å². The lowest BCUT2D eigenvalue weighted by Crippen LogP contribution is -2.31. The quantitative estimate of drug-likeness (QED) is 0.184. The number of carbonyl (C=O) groups excluding carboxylic acids is 2. The first kappa shape index (κ1) is 28.3. The Morgan fingerprint density at radius 3 is 2.65 bits per heavy atom. The largest absolute Gasteiger partial charge is 0.453 e. The summed E-state index contributed by atoms with van der Waals surface area (Å²) in [7, 11) is 0. The Hall–Kier alpha value is -3.28. The Morgan fingerprint density at radius 2 is 1.90 bits per heavy atom. The number of aromatic nitrogens is 1. The summed E-state index contributed by atoms with van der Waals surface area (Å²) in [6.45, 7) is 2.77. The number of esters is 1. The van der Waals surface area contributed by atoms with Crippen LogP contribution in [0.15, 0.2) is 77.1 Å². The first-order chi connectivity index (χ1) is 19.4. The Bertz CT molecular complexity index is 1440. The molecule has 8 nitrogen and oxygen atoms in total. The van der Waals surface area contributed by atoms with Crippen LogP contribution in [0.5, 0.6) is 0 Å². The molecule has 1 fully saturated rings. The zero-order valence-electron chi connectivity index (χ0n) is 22.1. The van der Waals surface area contributed by atoms with Gasteiger partial charge in [0.15, 0.2) is 16.7 Å². The second-order valence-electron chi connectivity index (χ2n) is 9.48. The van der Waals surface area contributed by atoms with Gasteiger partial charge in [0.1, 0.15) is 0 Å². The van der Waals surface area contributed by atoms with Gasteiger partial charge < -0.3 is 24.6 Å². The van der Waals surface area contributed by atoms with Crippen molar-refractivity contribution in [3.8, 4) is 0 Å². The summed E-state index contributed by atoms with van der Waals surface area (Å²) in [5.41, 5.74) is 4.12. The van der Waals surface area contributed by atoms with Crippen molar-refractivity contribution in [1.82, 2.24) is 4.98 Å². The number of anilines is 1. The van der Waals surface area contributed by atoms with Gasteiger partial charge in [-0.2, -0.15) is 0 Å². The smallest absolute Gasteiger partial charge is 0.303 e. The van der Waals surface area contributed by atoms with Gasteiger partial charge in [0, 0.05) is 30.3 Å². The molecule has 4 aromatic rings. The summed E-state index contributed by atoms with van der Waals surface area (Å²) in [6.07, 6.45) is -1.28. The van der Waals surface area contributed by atoms with E-state index in [9.17, 15) is 14.7 Å². The van der Waals surface area contributed by atoms with Gasteiger partial charge >= 0.3 is 5.97 Å². The van der Waals surface area contributed by atoms with E-state index in [4.69, 9.17) is 19.2 Å². The number of fused-ring (bicyclic) bond motifs is 1. The van der Waals surface area contributed by atoms with Gasteiger partial charge in [-0.15, -0.1) is 11.3 Å². The van der Waals surface area contributed by atoms with Crippen molar-refractivity contribution in [2.45, 2.75) is 55.8 Å². The van der Waals surface area contributed by atoms with Gasteiger partial charge in [0.05, 0.1) is 29.0 Å². The maximum absolute atomic E-state index is 12.5. The maximum Gasteiger partial charge on any atom is 0.303 e. The number of hydrogen-bond acceptors (Lipinski definition) is 9.